The van der Waals surface area contributed by atoms with Crippen molar-refractivity contribution in [2.45, 2.75) is 18.4 Å². The smallest absolute Gasteiger partial charge is 0.258 e. The standard InChI is InChI=1S/C26H23FN2O/c1-29(20-6-3-2-4-7-20)26(30)18-12-15-24-23(16-18)21-8-5-9-22(21)25(28-24)17-10-13-19(27)14-11-17/h2-8,10-16,21-22,25,28H,9H2,1H3. The number of benzene rings is 3. The Balaban J connectivity index is 1.47. The first-order chi connectivity index (χ1) is 14.6. The summed E-state index contributed by atoms with van der Waals surface area (Å²) in [5.74, 6) is 0.344. The summed E-state index contributed by atoms with van der Waals surface area (Å²) in [7, 11) is 1.80. The van der Waals surface area contributed by atoms with Crippen LogP contribution in [0.2, 0.25) is 0 Å². The zero-order valence-corrected chi connectivity index (χ0v) is 16.8. The lowest BCUT2D eigenvalue weighted by Crippen LogP contribution is -2.30. The molecule has 0 bridgehead atoms. The number of carbonyl (C=O) groups is 1. The van der Waals surface area contributed by atoms with Crippen LogP contribution in [0.15, 0.2) is 84.9 Å². The summed E-state index contributed by atoms with van der Waals surface area (Å²) >= 11 is 0. The van der Waals surface area contributed by atoms with Crippen molar-refractivity contribution in [3.8, 4) is 0 Å². The van der Waals surface area contributed by atoms with E-state index in [9.17, 15) is 9.18 Å². The molecule has 3 atom stereocenters. The van der Waals surface area contributed by atoms with Crippen LogP contribution < -0.4 is 10.2 Å². The number of halogens is 1. The third kappa shape index (κ3) is 3.18. The van der Waals surface area contributed by atoms with Crippen molar-refractivity contribution >= 4 is 17.3 Å². The summed E-state index contributed by atoms with van der Waals surface area (Å²) in [6.07, 6.45) is 5.42. The molecule has 4 heteroatoms. The van der Waals surface area contributed by atoms with Crippen LogP contribution in [0.5, 0.6) is 0 Å². The molecular formula is C26H23FN2O. The van der Waals surface area contributed by atoms with Gasteiger partial charge in [0, 0.05) is 29.9 Å². The molecule has 0 saturated heterocycles. The zero-order valence-electron chi connectivity index (χ0n) is 16.8. The van der Waals surface area contributed by atoms with Gasteiger partial charge in [-0.05, 0) is 65.9 Å². The maximum absolute atomic E-state index is 13.4. The van der Waals surface area contributed by atoms with Gasteiger partial charge in [-0.2, -0.15) is 0 Å². The highest BCUT2D eigenvalue weighted by molar-refractivity contribution is 6.06. The Bertz CT molecular complexity index is 1110. The molecule has 3 nitrogen and oxygen atoms in total. The highest BCUT2D eigenvalue weighted by Gasteiger charge is 2.38. The fourth-order valence-electron chi connectivity index (χ4n) is 4.69. The van der Waals surface area contributed by atoms with E-state index in [0.29, 0.717) is 11.5 Å². The van der Waals surface area contributed by atoms with E-state index in [0.717, 1.165) is 28.9 Å². The van der Waals surface area contributed by atoms with E-state index in [4.69, 9.17) is 0 Å². The predicted octanol–water partition coefficient (Wildman–Crippen LogP) is 5.93. The van der Waals surface area contributed by atoms with Gasteiger partial charge in [-0.3, -0.25) is 4.79 Å². The summed E-state index contributed by atoms with van der Waals surface area (Å²) in [5, 5.41) is 3.64. The Labute approximate surface area is 175 Å². The molecule has 30 heavy (non-hydrogen) atoms. The van der Waals surface area contributed by atoms with E-state index < -0.39 is 0 Å². The average Bonchev–Trinajstić information content (AvgIpc) is 3.29. The third-order valence-corrected chi connectivity index (χ3v) is 6.29. The molecule has 0 fully saturated rings. The number of fused-ring (bicyclic) bond motifs is 3. The molecule has 0 spiro atoms. The van der Waals surface area contributed by atoms with Crippen LogP contribution in [-0.2, 0) is 0 Å². The second-order valence-corrected chi connectivity index (χ2v) is 8.03. The second-order valence-electron chi connectivity index (χ2n) is 8.03. The maximum atomic E-state index is 13.4. The molecule has 1 aliphatic carbocycles. The highest BCUT2D eigenvalue weighted by atomic mass is 19.1. The molecule has 5 rings (SSSR count). The van der Waals surface area contributed by atoms with E-state index in [2.05, 4.69) is 17.5 Å². The van der Waals surface area contributed by atoms with Crippen molar-refractivity contribution in [2.24, 2.45) is 5.92 Å². The minimum Gasteiger partial charge on any atom is -0.378 e. The van der Waals surface area contributed by atoms with Crippen molar-refractivity contribution in [3.05, 3.63) is 107 Å². The van der Waals surface area contributed by atoms with Gasteiger partial charge in [-0.25, -0.2) is 4.39 Å². The minimum atomic E-state index is -0.221. The Hall–Kier alpha value is -3.40. The van der Waals surface area contributed by atoms with Crippen molar-refractivity contribution in [1.29, 1.82) is 0 Å². The normalized spacial score (nSPS) is 21.5. The third-order valence-electron chi connectivity index (χ3n) is 6.29. The van der Waals surface area contributed by atoms with Crippen LogP contribution in [0.3, 0.4) is 0 Å². The lowest BCUT2D eigenvalue weighted by atomic mass is 9.76. The van der Waals surface area contributed by atoms with Crippen molar-refractivity contribution in [3.63, 3.8) is 0 Å². The lowest BCUT2D eigenvalue weighted by Gasteiger charge is -2.37. The number of allylic oxidation sites excluding steroid dienone is 2. The summed E-state index contributed by atoms with van der Waals surface area (Å²) in [6, 6.07) is 22.5. The van der Waals surface area contributed by atoms with E-state index in [1.54, 1.807) is 11.9 Å². The molecule has 2 aliphatic rings. The average molecular weight is 398 g/mol. The van der Waals surface area contributed by atoms with E-state index in [-0.39, 0.29) is 23.7 Å². The van der Waals surface area contributed by atoms with Gasteiger partial charge in [0.25, 0.3) is 5.91 Å². The van der Waals surface area contributed by atoms with Crippen LogP contribution in [-0.4, -0.2) is 13.0 Å². The van der Waals surface area contributed by atoms with Gasteiger partial charge in [0.15, 0.2) is 0 Å². The van der Waals surface area contributed by atoms with Crippen molar-refractivity contribution in [1.82, 2.24) is 0 Å². The molecule has 1 N–H and O–H groups in total. The molecule has 0 aromatic heterocycles. The molecule has 3 aromatic carbocycles. The number of para-hydroxylation sites is 1. The first-order valence-corrected chi connectivity index (χ1v) is 10.3. The maximum Gasteiger partial charge on any atom is 0.258 e. The number of hydrogen-bond acceptors (Lipinski definition) is 2. The topological polar surface area (TPSA) is 32.3 Å². The van der Waals surface area contributed by atoms with Crippen LogP contribution in [0.25, 0.3) is 0 Å². The number of nitrogens with one attached hydrogen (secondary N) is 1. The van der Waals surface area contributed by atoms with Crippen LogP contribution in [0.4, 0.5) is 15.8 Å². The Morgan fingerprint density at radius 3 is 2.57 bits per heavy atom. The second kappa shape index (κ2) is 7.45. The Morgan fingerprint density at radius 1 is 1.03 bits per heavy atom. The quantitative estimate of drug-likeness (QED) is 0.555. The largest absolute Gasteiger partial charge is 0.378 e. The summed E-state index contributed by atoms with van der Waals surface area (Å²) < 4.78 is 13.4. The number of rotatable bonds is 3. The number of hydrogen-bond donors (Lipinski definition) is 1. The first kappa shape index (κ1) is 18.6. The van der Waals surface area contributed by atoms with Crippen LogP contribution in [0, 0.1) is 11.7 Å². The van der Waals surface area contributed by atoms with Gasteiger partial charge in [0.2, 0.25) is 0 Å². The summed E-state index contributed by atoms with van der Waals surface area (Å²) in [5.41, 5.74) is 4.83. The predicted molar refractivity (Wildman–Crippen MR) is 118 cm³/mol. The van der Waals surface area contributed by atoms with Crippen molar-refractivity contribution < 1.29 is 9.18 Å². The highest BCUT2D eigenvalue weighted by Crippen LogP contribution is 2.50. The molecule has 1 amide bonds. The van der Waals surface area contributed by atoms with Crippen LogP contribution in [0.1, 0.15) is 39.9 Å². The molecule has 0 saturated carbocycles. The van der Waals surface area contributed by atoms with E-state index in [1.807, 2.05) is 60.7 Å². The molecule has 1 aliphatic heterocycles. The minimum absolute atomic E-state index is 0.0248. The molecule has 150 valence electrons. The fourth-order valence-corrected chi connectivity index (χ4v) is 4.69. The van der Waals surface area contributed by atoms with Gasteiger partial charge in [-0.1, -0.05) is 42.5 Å². The summed E-state index contributed by atoms with van der Waals surface area (Å²) in [6.45, 7) is 0. The van der Waals surface area contributed by atoms with Crippen LogP contribution >= 0.6 is 0 Å². The van der Waals surface area contributed by atoms with Gasteiger partial charge >= 0.3 is 0 Å². The molecular weight excluding hydrogens is 375 g/mol. The molecule has 3 aromatic rings. The number of carbonyl (C=O) groups excluding carboxylic acids is 1. The molecule has 0 radical (unpaired) electrons. The summed E-state index contributed by atoms with van der Waals surface area (Å²) in [4.78, 5) is 14.8. The lowest BCUT2D eigenvalue weighted by molar-refractivity contribution is 0.0993. The zero-order chi connectivity index (χ0) is 20.7. The number of amides is 1. The monoisotopic (exact) mass is 398 g/mol. The molecule has 3 unspecified atom stereocenters. The van der Waals surface area contributed by atoms with E-state index in [1.165, 1.54) is 12.1 Å². The Kier molecular flexibility index (Phi) is 4.62. The van der Waals surface area contributed by atoms with Gasteiger partial charge < -0.3 is 10.2 Å². The fraction of sp³-hybridized carbons (Fsp3) is 0.192. The number of nitrogens with zero attached hydrogens (tertiary/aromatic N) is 1. The molecule has 1 heterocycles. The SMILES string of the molecule is CN(C(=O)c1ccc2c(c1)C1C=CCC1C(c1ccc(F)cc1)N2)c1ccccc1. The first-order valence-electron chi connectivity index (χ1n) is 10.3. The Morgan fingerprint density at radius 2 is 1.80 bits per heavy atom. The van der Waals surface area contributed by atoms with E-state index >= 15 is 0 Å². The van der Waals surface area contributed by atoms with Gasteiger partial charge in [0.1, 0.15) is 5.82 Å². The van der Waals surface area contributed by atoms with Gasteiger partial charge in [-0.15, -0.1) is 0 Å². The van der Waals surface area contributed by atoms with Crippen molar-refractivity contribution in [2.75, 3.05) is 17.3 Å². The van der Waals surface area contributed by atoms with Gasteiger partial charge in [0.05, 0.1) is 6.04 Å². The number of anilines is 2.